The fraction of sp³-hybridized carbons (Fsp3) is 0.424. The molecule has 0 aromatic heterocycles. The number of alkyl halides is 3. The number of amides is 1. The van der Waals surface area contributed by atoms with Crippen LogP contribution in [0.15, 0.2) is 66.7 Å². The first-order valence-electron chi connectivity index (χ1n) is 15.2. The highest BCUT2D eigenvalue weighted by molar-refractivity contribution is 8.25. The molecule has 8 nitrogen and oxygen atoms in total. The number of benzene rings is 3. The lowest BCUT2D eigenvalue weighted by Crippen LogP contribution is -2.51. The van der Waals surface area contributed by atoms with Gasteiger partial charge in [0.1, 0.15) is 0 Å². The van der Waals surface area contributed by atoms with E-state index in [4.69, 9.17) is 0 Å². The lowest BCUT2D eigenvalue weighted by molar-refractivity contribution is -0.137. The molecule has 3 aromatic carbocycles. The molecule has 46 heavy (non-hydrogen) atoms. The van der Waals surface area contributed by atoms with Gasteiger partial charge in [0.15, 0.2) is 5.82 Å². The van der Waals surface area contributed by atoms with Gasteiger partial charge in [-0.1, -0.05) is 42.5 Å². The van der Waals surface area contributed by atoms with Gasteiger partial charge in [-0.15, -0.1) is 10.8 Å². The highest BCUT2D eigenvalue weighted by Gasteiger charge is 2.34. The third-order valence-electron chi connectivity index (χ3n) is 8.07. The predicted molar refractivity (Wildman–Crippen MR) is 175 cm³/mol. The molecule has 0 saturated carbocycles. The molecule has 1 amide bonds. The molecule has 4 rings (SSSR count). The smallest absolute Gasteiger partial charge is 0.390 e. The number of hydrogen-bond acceptors (Lipinski definition) is 7. The summed E-state index contributed by atoms with van der Waals surface area (Å²) in [5.74, 6) is -1.64. The van der Waals surface area contributed by atoms with Crippen molar-refractivity contribution in [1.29, 1.82) is 0 Å². The van der Waals surface area contributed by atoms with Crippen molar-refractivity contribution < 1.29 is 36.6 Å². The van der Waals surface area contributed by atoms with Crippen LogP contribution in [0.1, 0.15) is 60.7 Å². The second-order valence-electron chi connectivity index (χ2n) is 12.0. The molecule has 0 radical (unpaired) electrons. The van der Waals surface area contributed by atoms with Crippen LogP contribution in [0.3, 0.4) is 0 Å². The van der Waals surface area contributed by atoms with Gasteiger partial charge in [0, 0.05) is 30.9 Å². The fourth-order valence-corrected chi connectivity index (χ4v) is 7.11. The van der Waals surface area contributed by atoms with Gasteiger partial charge in [0.05, 0.1) is 34.7 Å². The Kier molecular flexibility index (Phi) is 11.3. The van der Waals surface area contributed by atoms with Crippen LogP contribution in [0, 0.1) is 5.82 Å². The summed E-state index contributed by atoms with van der Waals surface area (Å²) in [5, 5.41) is 20.3. The molecule has 3 aromatic rings. The number of anilines is 2. The largest absolute Gasteiger partial charge is 0.416 e. The maximum Gasteiger partial charge on any atom is 0.416 e. The molecular formula is C33H42F4N4O4S. The average molecular weight is 667 g/mol. The van der Waals surface area contributed by atoms with E-state index in [2.05, 4.69) is 16.0 Å². The summed E-state index contributed by atoms with van der Waals surface area (Å²) in [7, 11) is -3.28. The van der Waals surface area contributed by atoms with Crippen molar-refractivity contribution in [2.24, 2.45) is 0 Å². The number of hydrogen-bond donors (Lipinski definition) is 6. The van der Waals surface area contributed by atoms with Crippen LogP contribution in [0.25, 0.3) is 0 Å². The maximum absolute atomic E-state index is 16.1. The van der Waals surface area contributed by atoms with Crippen LogP contribution in [0.5, 0.6) is 0 Å². The fourth-order valence-electron chi connectivity index (χ4n) is 5.43. The topological polar surface area (TPSA) is 117 Å². The van der Waals surface area contributed by atoms with Crippen LogP contribution in [0.4, 0.5) is 28.9 Å². The van der Waals surface area contributed by atoms with Crippen molar-refractivity contribution >= 4 is 28.1 Å². The molecule has 0 spiro atoms. The van der Waals surface area contributed by atoms with Gasteiger partial charge in [-0.05, 0) is 75.4 Å². The summed E-state index contributed by atoms with van der Waals surface area (Å²) in [5.41, 5.74) is -0.658. The van der Waals surface area contributed by atoms with E-state index in [1.165, 1.54) is 22.5 Å². The summed E-state index contributed by atoms with van der Waals surface area (Å²) < 4.78 is 78.7. The van der Waals surface area contributed by atoms with Gasteiger partial charge in [-0.2, -0.15) is 13.2 Å². The monoisotopic (exact) mass is 666 g/mol. The van der Waals surface area contributed by atoms with E-state index in [0.717, 1.165) is 17.7 Å². The van der Waals surface area contributed by atoms with Gasteiger partial charge < -0.3 is 21.1 Å². The summed E-state index contributed by atoms with van der Waals surface area (Å²) in [6.07, 6.45) is -4.37. The van der Waals surface area contributed by atoms with E-state index in [0.29, 0.717) is 30.6 Å². The van der Waals surface area contributed by atoms with Crippen LogP contribution >= 0.6 is 10.8 Å². The Labute approximate surface area is 268 Å². The lowest BCUT2D eigenvalue weighted by atomic mass is 9.92. The molecule has 2 atom stereocenters. The second-order valence-corrected chi connectivity index (χ2v) is 14.1. The molecule has 1 heterocycles. The summed E-state index contributed by atoms with van der Waals surface area (Å²) >= 11 is 0. The number of aliphatic hydroxyl groups is 1. The minimum Gasteiger partial charge on any atom is -0.390 e. The Morgan fingerprint density at radius 3 is 2.35 bits per heavy atom. The van der Waals surface area contributed by atoms with Crippen LogP contribution in [-0.4, -0.2) is 57.7 Å². The van der Waals surface area contributed by atoms with Crippen molar-refractivity contribution in [3.63, 3.8) is 0 Å². The number of rotatable bonds is 12. The van der Waals surface area contributed by atoms with Crippen LogP contribution in [0.2, 0.25) is 0 Å². The standard InChI is InChI=1S/C33H42F4N4O4S/c1-4-38-25-19-26(30(34)28(20-25)41-15-8-9-16-46(41,44)45)31(43)40-27(17-22-11-6-5-7-12-22)29(42)21-39-32(2,3)23-13-10-14-24(18-23)33(35,36)37/h5-7,10-14,18-20,27,29,38-39,42,44-45H,4,8-9,15-17,21H2,1-3H3,(H,40,43)/t27-,29+/m0/s1. The van der Waals surface area contributed by atoms with E-state index >= 15 is 4.39 Å². The quantitative estimate of drug-likeness (QED) is 0.118. The first kappa shape index (κ1) is 35.5. The van der Waals surface area contributed by atoms with Crippen LogP contribution < -0.4 is 20.3 Å². The molecule has 6 N–H and O–H groups in total. The lowest BCUT2D eigenvalue weighted by Gasteiger charge is -2.47. The Morgan fingerprint density at radius 2 is 1.70 bits per heavy atom. The number of aliphatic hydroxyl groups excluding tert-OH is 1. The molecule has 1 aliphatic rings. The van der Waals surface area contributed by atoms with E-state index in [-0.39, 0.29) is 36.5 Å². The zero-order chi connectivity index (χ0) is 33.7. The Bertz CT molecular complexity index is 1490. The predicted octanol–water partition coefficient (Wildman–Crippen LogP) is 6.77. The van der Waals surface area contributed by atoms with Crippen molar-refractivity contribution in [1.82, 2.24) is 10.6 Å². The molecule has 1 aliphatic heterocycles. The first-order valence-corrected chi connectivity index (χ1v) is 16.9. The van der Waals surface area contributed by atoms with Crippen LogP contribution in [-0.2, 0) is 18.1 Å². The molecule has 252 valence electrons. The zero-order valence-corrected chi connectivity index (χ0v) is 26.9. The van der Waals surface area contributed by atoms with Gasteiger partial charge in [-0.25, -0.2) is 4.39 Å². The normalized spacial score (nSPS) is 17.2. The number of carbonyl (C=O) groups excluding carboxylic acids is 1. The average Bonchev–Trinajstić information content (AvgIpc) is 3.00. The van der Waals surface area contributed by atoms with Gasteiger partial charge in [-0.3, -0.25) is 18.2 Å². The molecule has 13 heteroatoms. The highest BCUT2D eigenvalue weighted by Crippen LogP contribution is 2.51. The highest BCUT2D eigenvalue weighted by atomic mass is 32.3. The van der Waals surface area contributed by atoms with E-state index < -0.39 is 51.9 Å². The zero-order valence-electron chi connectivity index (χ0n) is 26.1. The molecule has 1 saturated heterocycles. The Hall–Kier alpha value is -3.36. The third kappa shape index (κ3) is 8.71. The van der Waals surface area contributed by atoms with E-state index in [9.17, 15) is 32.2 Å². The van der Waals surface area contributed by atoms with Crippen molar-refractivity contribution in [3.05, 3.63) is 94.8 Å². The minimum atomic E-state index is -4.51. The molecule has 0 unspecified atom stereocenters. The van der Waals surface area contributed by atoms with Crippen molar-refractivity contribution in [2.75, 3.05) is 35.0 Å². The summed E-state index contributed by atoms with van der Waals surface area (Å²) in [4.78, 5) is 13.7. The number of nitrogens with zero attached hydrogens (tertiary/aromatic N) is 1. The Morgan fingerprint density at radius 1 is 1.00 bits per heavy atom. The molecule has 1 fully saturated rings. The minimum absolute atomic E-state index is 0.0919. The van der Waals surface area contributed by atoms with Gasteiger partial charge in [0.2, 0.25) is 0 Å². The molecule has 0 aliphatic carbocycles. The maximum atomic E-state index is 16.1. The SMILES string of the molecule is CCNc1cc(C(=O)N[C@@H](Cc2ccccc2)[C@H](O)CNC(C)(C)c2cccc(C(F)(F)F)c2)c(F)c(N2CCCCS2(O)O)c1. The summed E-state index contributed by atoms with van der Waals surface area (Å²) in [6.45, 7) is 5.77. The van der Waals surface area contributed by atoms with E-state index in [1.54, 1.807) is 32.0 Å². The Balaban J connectivity index is 1.60. The number of nitrogens with one attached hydrogen (secondary N) is 3. The van der Waals surface area contributed by atoms with E-state index in [1.807, 2.05) is 25.1 Å². The third-order valence-corrected chi connectivity index (χ3v) is 10.00. The molecular weight excluding hydrogens is 624 g/mol. The van der Waals surface area contributed by atoms with Gasteiger partial charge >= 0.3 is 6.18 Å². The first-order chi connectivity index (χ1) is 21.6. The van der Waals surface area contributed by atoms with Gasteiger partial charge in [0.25, 0.3) is 5.91 Å². The number of carbonyl (C=O) groups is 1. The molecule has 0 bridgehead atoms. The van der Waals surface area contributed by atoms with Crippen molar-refractivity contribution in [3.8, 4) is 0 Å². The summed E-state index contributed by atoms with van der Waals surface area (Å²) in [6, 6.07) is 15.9. The second kappa shape index (κ2) is 14.6. The van der Waals surface area contributed by atoms with Crippen molar-refractivity contribution in [2.45, 2.75) is 63.9 Å². The number of halogens is 4.